The summed E-state index contributed by atoms with van der Waals surface area (Å²) in [5.74, 6) is 1.36. The van der Waals surface area contributed by atoms with E-state index in [1.54, 1.807) is 0 Å². The number of rotatable bonds is 4. The predicted octanol–water partition coefficient (Wildman–Crippen LogP) is 2.59. The van der Waals surface area contributed by atoms with Gasteiger partial charge >= 0.3 is 0 Å². The molecule has 0 bridgehead atoms. The molecule has 0 saturated carbocycles. The summed E-state index contributed by atoms with van der Waals surface area (Å²) in [5, 5.41) is 3.36. The Hall–Kier alpha value is -1.94. The van der Waals surface area contributed by atoms with Gasteiger partial charge in [-0.25, -0.2) is 9.97 Å². The lowest BCUT2D eigenvalue weighted by atomic mass is 10.1. The molecular weight excluding hydrogens is 238 g/mol. The van der Waals surface area contributed by atoms with Crippen LogP contribution >= 0.6 is 0 Å². The number of benzene rings is 1. The number of nitrogens with zero attached hydrogens (tertiary/aromatic N) is 2. The van der Waals surface area contributed by atoms with Crippen LogP contribution in [0, 0.1) is 5.92 Å². The lowest BCUT2D eigenvalue weighted by molar-refractivity contribution is 0.187. The number of hydrogen-bond donors (Lipinski definition) is 1. The van der Waals surface area contributed by atoms with Crippen molar-refractivity contribution >= 4 is 5.69 Å². The molecule has 2 aromatic rings. The van der Waals surface area contributed by atoms with Crippen LogP contribution < -0.4 is 5.32 Å². The van der Waals surface area contributed by atoms with E-state index < -0.39 is 0 Å². The Labute approximate surface area is 112 Å². The van der Waals surface area contributed by atoms with Gasteiger partial charge in [-0.3, -0.25) is 0 Å². The maximum absolute atomic E-state index is 5.35. The lowest BCUT2D eigenvalue weighted by Gasteiger charge is -2.10. The van der Waals surface area contributed by atoms with Crippen molar-refractivity contribution in [2.45, 2.75) is 6.42 Å². The molecule has 0 radical (unpaired) electrons. The predicted molar refractivity (Wildman–Crippen MR) is 74.9 cm³/mol. The van der Waals surface area contributed by atoms with Crippen LogP contribution in [0.2, 0.25) is 0 Å². The van der Waals surface area contributed by atoms with Gasteiger partial charge in [0.25, 0.3) is 0 Å². The normalized spacial score (nSPS) is 18.4. The van der Waals surface area contributed by atoms with Gasteiger partial charge in [-0.05, 0) is 6.42 Å². The summed E-state index contributed by atoms with van der Waals surface area (Å²) in [6.07, 6.45) is 4.81. The first-order chi connectivity index (χ1) is 9.42. The lowest BCUT2D eigenvalue weighted by Crippen LogP contribution is -2.14. The van der Waals surface area contributed by atoms with E-state index in [0.717, 1.165) is 43.3 Å². The van der Waals surface area contributed by atoms with Crippen molar-refractivity contribution in [1.29, 1.82) is 0 Å². The minimum atomic E-state index is 0.605. The summed E-state index contributed by atoms with van der Waals surface area (Å²) in [6, 6.07) is 10.00. The molecule has 0 aliphatic carbocycles. The van der Waals surface area contributed by atoms with Crippen LogP contribution in [0.1, 0.15) is 6.42 Å². The van der Waals surface area contributed by atoms with E-state index in [1.807, 2.05) is 42.7 Å². The number of nitrogens with one attached hydrogen (secondary N) is 1. The Kier molecular flexibility index (Phi) is 3.70. The van der Waals surface area contributed by atoms with Gasteiger partial charge in [-0.2, -0.15) is 0 Å². The third kappa shape index (κ3) is 3.09. The van der Waals surface area contributed by atoms with Crippen molar-refractivity contribution in [2.24, 2.45) is 5.92 Å². The van der Waals surface area contributed by atoms with E-state index in [-0.39, 0.29) is 0 Å². The summed E-state index contributed by atoms with van der Waals surface area (Å²) >= 11 is 0. The van der Waals surface area contributed by atoms with E-state index in [0.29, 0.717) is 5.92 Å². The summed E-state index contributed by atoms with van der Waals surface area (Å²) in [6.45, 7) is 2.67. The van der Waals surface area contributed by atoms with Gasteiger partial charge in [0, 0.05) is 24.6 Å². The van der Waals surface area contributed by atoms with Crippen LogP contribution in [0.3, 0.4) is 0 Å². The Bertz CT molecular complexity index is 507. The number of aromatic nitrogens is 2. The molecule has 19 heavy (non-hydrogen) atoms. The second-order valence-corrected chi connectivity index (χ2v) is 4.77. The van der Waals surface area contributed by atoms with Gasteiger partial charge in [-0.1, -0.05) is 30.3 Å². The van der Waals surface area contributed by atoms with Crippen LogP contribution in [-0.2, 0) is 4.74 Å². The zero-order valence-electron chi connectivity index (χ0n) is 10.7. The first-order valence-electron chi connectivity index (χ1n) is 6.61. The average molecular weight is 255 g/mol. The maximum atomic E-state index is 5.35. The molecule has 4 heteroatoms. The average Bonchev–Trinajstić information content (AvgIpc) is 3.00. The quantitative estimate of drug-likeness (QED) is 0.912. The van der Waals surface area contributed by atoms with Gasteiger partial charge in [0.05, 0.1) is 24.7 Å². The molecule has 0 spiro atoms. The van der Waals surface area contributed by atoms with E-state index >= 15 is 0 Å². The fraction of sp³-hybridized carbons (Fsp3) is 0.333. The zero-order chi connectivity index (χ0) is 12.9. The Morgan fingerprint density at radius 3 is 2.63 bits per heavy atom. The van der Waals surface area contributed by atoms with E-state index in [4.69, 9.17) is 4.74 Å². The van der Waals surface area contributed by atoms with E-state index in [9.17, 15) is 0 Å². The molecule has 1 aliphatic rings. The van der Waals surface area contributed by atoms with Crippen LogP contribution in [-0.4, -0.2) is 29.7 Å². The highest BCUT2D eigenvalue weighted by Crippen LogP contribution is 2.16. The van der Waals surface area contributed by atoms with Crippen molar-refractivity contribution in [2.75, 3.05) is 25.1 Å². The standard InChI is InChI=1S/C15H17N3O/c1-2-4-13(5-3-1)15-17-9-14(10-18-15)16-8-12-6-7-19-11-12/h1-5,9-10,12,16H,6-8,11H2. The first kappa shape index (κ1) is 12.1. The Balaban J connectivity index is 1.62. The monoisotopic (exact) mass is 255 g/mol. The fourth-order valence-corrected chi connectivity index (χ4v) is 2.16. The molecule has 1 aliphatic heterocycles. The summed E-state index contributed by atoms with van der Waals surface area (Å²) < 4.78 is 5.35. The molecule has 1 aromatic heterocycles. The topological polar surface area (TPSA) is 47.0 Å². The smallest absolute Gasteiger partial charge is 0.159 e. The van der Waals surface area contributed by atoms with Crippen molar-refractivity contribution in [3.8, 4) is 11.4 Å². The molecule has 0 amide bonds. The third-order valence-electron chi connectivity index (χ3n) is 3.30. The summed E-state index contributed by atoms with van der Waals surface area (Å²) in [5.41, 5.74) is 2.00. The Morgan fingerprint density at radius 1 is 1.16 bits per heavy atom. The zero-order valence-corrected chi connectivity index (χ0v) is 10.7. The van der Waals surface area contributed by atoms with Gasteiger partial charge in [0.1, 0.15) is 0 Å². The Morgan fingerprint density at radius 2 is 1.95 bits per heavy atom. The highest BCUT2D eigenvalue weighted by molar-refractivity contribution is 5.55. The molecule has 1 unspecified atom stereocenters. The highest BCUT2D eigenvalue weighted by Gasteiger charge is 2.14. The van der Waals surface area contributed by atoms with Gasteiger partial charge < -0.3 is 10.1 Å². The second kappa shape index (κ2) is 5.80. The number of hydrogen-bond acceptors (Lipinski definition) is 4. The third-order valence-corrected chi connectivity index (χ3v) is 3.30. The first-order valence-corrected chi connectivity index (χ1v) is 6.61. The van der Waals surface area contributed by atoms with Crippen molar-refractivity contribution in [3.05, 3.63) is 42.7 Å². The molecule has 98 valence electrons. The maximum Gasteiger partial charge on any atom is 0.159 e. The van der Waals surface area contributed by atoms with E-state index in [2.05, 4.69) is 15.3 Å². The SMILES string of the molecule is c1ccc(-c2ncc(NCC3CCOC3)cn2)cc1. The molecule has 1 N–H and O–H groups in total. The summed E-state index contributed by atoms with van der Waals surface area (Å²) in [7, 11) is 0. The minimum absolute atomic E-state index is 0.605. The van der Waals surface area contributed by atoms with Crippen LogP contribution in [0.15, 0.2) is 42.7 Å². The summed E-state index contributed by atoms with van der Waals surface area (Å²) in [4.78, 5) is 8.78. The van der Waals surface area contributed by atoms with Crippen molar-refractivity contribution < 1.29 is 4.74 Å². The van der Waals surface area contributed by atoms with Gasteiger partial charge in [0.2, 0.25) is 0 Å². The van der Waals surface area contributed by atoms with Gasteiger partial charge in [-0.15, -0.1) is 0 Å². The van der Waals surface area contributed by atoms with Gasteiger partial charge in [0.15, 0.2) is 5.82 Å². The largest absolute Gasteiger partial charge is 0.382 e. The molecule has 1 aromatic carbocycles. The van der Waals surface area contributed by atoms with Crippen LogP contribution in [0.5, 0.6) is 0 Å². The molecule has 1 saturated heterocycles. The molecule has 4 nitrogen and oxygen atoms in total. The second-order valence-electron chi connectivity index (χ2n) is 4.77. The van der Waals surface area contributed by atoms with E-state index in [1.165, 1.54) is 0 Å². The van der Waals surface area contributed by atoms with Crippen molar-refractivity contribution in [3.63, 3.8) is 0 Å². The minimum Gasteiger partial charge on any atom is -0.382 e. The number of anilines is 1. The molecule has 2 heterocycles. The fourth-order valence-electron chi connectivity index (χ4n) is 2.16. The highest BCUT2D eigenvalue weighted by atomic mass is 16.5. The number of ether oxygens (including phenoxy) is 1. The van der Waals surface area contributed by atoms with Crippen molar-refractivity contribution in [1.82, 2.24) is 9.97 Å². The van der Waals surface area contributed by atoms with Crippen LogP contribution in [0.25, 0.3) is 11.4 Å². The molecule has 1 fully saturated rings. The molecule has 3 rings (SSSR count). The molecule has 1 atom stereocenters. The molecular formula is C15H17N3O. The van der Waals surface area contributed by atoms with Crippen LogP contribution in [0.4, 0.5) is 5.69 Å².